The summed E-state index contributed by atoms with van der Waals surface area (Å²) in [5.74, 6) is 0. The summed E-state index contributed by atoms with van der Waals surface area (Å²) in [4.78, 5) is 4.70. The Morgan fingerprint density at radius 3 is 2.07 bits per heavy atom. The number of fused-ring (bicyclic) bond motifs is 9. The van der Waals surface area contributed by atoms with Crippen LogP contribution in [0.25, 0.3) is 54.8 Å². The van der Waals surface area contributed by atoms with E-state index in [9.17, 15) is 0 Å². The van der Waals surface area contributed by atoms with Gasteiger partial charge in [-0.2, -0.15) is 0 Å². The van der Waals surface area contributed by atoms with Crippen molar-refractivity contribution < 1.29 is 0 Å². The van der Waals surface area contributed by atoms with E-state index in [1.54, 1.807) is 0 Å². The van der Waals surface area contributed by atoms with Crippen molar-refractivity contribution in [3.05, 3.63) is 103 Å². The minimum absolute atomic E-state index is 1.00. The summed E-state index contributed by atoms with van der Waals surface area (Å²) < 4.78 is 4.56. The number of nitrogens with zero attached hydrogens (tertiary/aromatic N) is 3. The minimum atomic E-state index is 1.00. The van der Waals surface area contributed by atoms with Crippen LogP contribution in [0.4, 0.5) is 0 Å². The maximum atomic E-state index is 4.70. The third-order valence-corrected chi connectivity index (χ3v) is 6.16. The Balaban J connectivity index is 1.78. The first kappa shape index (κ1) is 15.8. The molecular weight excluding hydrogens is 366 g/mol. The van der Waals surface area contributed by atoms with Crippen LogP contribution in [0, 0.1) is 0 Å². The average molecular weight is 383 g/mol. The summed E-state index contributed by atoms with van der Waals surface area (Å²) in [6.07, 6.45) is 3.94. The molecule has 0 saturated heterocycles. The molecule has 3 aromatic heterocycles. The summed E-state index contributed by atoms with van der Waals surface area (Å²) in [5.41, 5.74) is 5.80. The Morgan fingerprint density at radius 1 is 0.533 bits per heavy atom. The minimum Gasteiger partial charge on any atom is -0.309 e. The Hall–Kier alpha value is -4.11. The van der Waals surface area contributed by atoms with E-state index < -0.39 is 0 Å². The first-order valence-corrected chi connectivity index (χ1v) is 10.2. The number of imidazole rings is 1. The number of aromatic nitrogens is 3. The second-order valence-corrected chi connectivity index (χ2v) is 7.74. The van der Waals surface area contributed by atoms with Crippen LogP contribution in [0.2, 0.25) is 0 Å². The van der Waals surface area contributed by atoms with Gasteiger partial charge in [0.05, 0.1) is 16.6 Å². The van der Waals surface area contributed by atoms with Gasteiger partial charge in [0.25, 0.3) is 0 Å². The Kier molecular flexibility index (Phi) is 3.00. The molecule has 0 atom stereocenters. The topological polar surface area (TPSA) is 22.2 Å². The van der Waals surface area contributed by atoms with Crippen molar-refractivity contribution in [2.24, 2.45) is 0 Å². The molecule has 0 bridgehead atoms. The van der Waals surface area contributed by atoms with E-state index in [-0.39, 0.29) is 0 Å². The molecule has 140 valence electrons. The van der Waals surface area contributed by atoms with E-state index in [1.807, 2.05) is 6.20 Å². The molecule has 3 heterocycles. The third kappa shape index (κ3) is 1.96. The van der Waals surface area contributed by atoms with Crippen LogP contribution in [0.3, 0.4) is 0 Å². The fourth-order valence-corrected chi connectivity index (χ4v) is 4.89. The smallest absolute Gasteiger partial charge is 0.145 e. The van der Waals surface area contributed by atoms with Gasteiger partial charge in [-0.1, -0.05) is 54.6 Å². The summed E-state index contributed by atoms with van der Waals surface area (Å²) in [5, 5.41) is 6.17. The number of benzene rings is 4. The van der Waals surface area contributed by atoms with E-state index in [2.05, 4.69) is 106 Å². The number of hydrogen-bond acceptors (Lipinski definition) is 1. The van der Waals surface area contributed by atoms with Gasteiger partial charge in [-0.3, -0.25) is 4.40 Å². The summed E-state index contributed by atoms with van der Waals surface area (Å²) in [6.45, 7) is 0. The monoisotopic (exact) mass is 383 g/mol. The van der Waals surface area contributed by atoms with Crippen molar-refractivity contribution in [1.29, 1.82) is 0 Å². The molecule has 0 unspecified atom stereocenters. The zero-order chi connectivity index (χ0) is 19.7. The van der Waals surface area contributed by atoms with Crippen molar-refractivity contribution in [3.8, 4) is 5.69 Å². The maximum Gasteiger partial charge on any atom is 0.145 e. The van der Waals surface area contributed by atoms with Crippen LogP contribution in [0.5, 0.6) is 0 Å². The van der Waals surface area contributed by atoms with Gasteiger partial charge >= 0.3 is 0 Å². The highest BCUT2D eigenvalue weighted by molar-refractivity contribution is 6.20. The summed E-state index contributed by atoms with van der Waals surface area (Å²) >= 11 is 0. The van der Waals surface area contributed by atoms with Crippen molar-refractivity contribution in [2.45, 2.75) is 0 Å². The molecule has 0 aliphatic carbocycles. The Morgan fingerprint density at radius 2 is 1.23 bits per heavy atom. The normalized spacial score (nSPS) is 12.0. The predicted molar refractivity (Wildman–Crippen MR) is 125 cm³/mol. The quantitative estimate of drug-likeness (QED) is 0.288. The lowest BCUT2D eigenvalue weighted by Gasteiger charge is -2.11. The number of pyridine rings is 1. The summed E-state index contributed by atoms with van der Waals surface area (Å²) in [6, 6.07) is 32.5. The van der Waals surface area contributed by atoms with Gasteiger partial charge < -0.3 is 4.57 Å². The molecule has 30 heavy (non-hydrogen) atoms. The molecule has 0 fully saturated rings. The van der Waals surface area contributed by atoms with Crippen LogP contribution < -0.4 is 0 Å². The maximum absolute atomic E-state index is 4.70. The highest BCUT2D eigenvalue weighted by atomic mass is 15.0. The van der Waals surface area contributed by atoms with Gasteiger partial charge in [-0.25, -0.2) is 4.98 Å². The first-order valence-electron chi connectivity index (χ1n) is 10.2. The van der Waals surface area contributed by atoms with Crippen molar-refractivity contribution in [1.82, 2.24) is 14.0 Å². The zero-order valence-corrected chi connectivity index (χ0v) is 16.2. The fourth-order valence-electron chi connectivity index (χ4n) is 4.89. The van der Waals surface area contributed by atoms with Gasteiger partial charge in [0.2, 0.25) is 0 Å². The van der Waals surface area contributed by atoms with E-state index in [1.165, 1.54) is 49.2 Å². The molecule has 4 aromatic carbocycles. The first-order chi connectivity index (χ1) is 14.9. The molecule has 7 rings (SSSR count). The number of para-hydroxylation sites is 3. The van der Waals surface area contributed by atoms with Crippen LogP contribution in [-0.2, 0) is 0 Å². The van der Waals surface area contributed by atoms with Crippen molar-refractivity contribution >= 4 is 49.1 Å². The second-order valence-electron chi connectivity index (χ2n) is 7.74. The largest absolute Gasteiger partial charge is 0.309 e. The van der Waals surface area contributed by atoms with Crippen molar-refractivity contribution in [3.63, 3.8) is 0 Å². The van der Waals surface area contributed by atoms with Crippen LogP contribution >= 0.6 is 0 Å². The van der Waals surface area contributed by atoms with Gasteiger partial charge in [-0.05, 0) is 41.8 Å². The fraction of sp³-hybridized carbons (Fsp3) is 0. The lowest BCUT2D eigenvalue weighted by Crippen LogP contribution is -1.94. The highest BCUT2D eigenvalue weighted by Crippen LogP contribution is 2.38. The molecule has 7 aromatic rings. The average Bonchev–Trinajstić information content (AvgIpc) is 3.42. The summed E-state index contributed by atoms with van der Waals surface area (Å²) in [7, 11) is 0. The molecule has 0 N–H and O–H groups in total. The van der Waals surface area contributed by atoms with Gasteiger partial charge in [0.1, 0.15) is 5.65 Å². The molecular formula is C27H17N3. The SMILES string of the molecule is c1ccc(-n2c3ccccc3c3cc4c(cc32)c2ccccc2n2ccnc42)cc1. The molecule has 0 saturated carbocycles. The number of hydrogen-bond donors (Lipinski definition) is 0. The zero-order valence-electron chi connectivity index (χ0n) is 16.2. The standard InChI is InChI=1S/C27H17N3/c1-2-8-18(9-3-1)30-25-13-7-5-11-20(25)22-16-23-21(17-26(22)30)19-10-4-6-12-24(19)29-15-14-28-27(23)29/h1-17H. The van der Waals surface area contributed by atoms with Gasteiger partial charge in [-0.15, -0.1) is 0 Å². The third-order valence-electron chi connectivity index (χ3n) is 6.16. The molecule has 0 aliphatic rings. The van der Waals surface area contributed by atoms with Crippen LogP contribution in [0.15, 0.2) is 103 Å². The molecule has 0 amide bonds. The lowest BCUT2D eigenvalue weighted by atomic mass is 10.0. The van der Waals surface area contributed by atoms with E-state index in [0.29, 0.717) is 0 Å². The van der Waals surface area contributed by atoms with Gasteiger partial charge in [0.15, 0.2) is 0 Å². The van der Waals surface area contributed by atoms with E-state index in [4.69, 9.17) is 4.98 Å². The Labute approximate surface area is 172 Å². The molecule has 3 heteroatoms. The highest BCUT2D eigenvalue weighted by Gasteiger charge is 2.16. The van der Waals surface area contributed by atoms with E-state index >= 15 is 0 Å². The second kappa shape index (κ2) is 5.71. The molecule has 3 nitrogen and oxygen atoms in total. The van der Waals surface area contributed by atoms with Gasteiger partial charge in [0, 0.05) is 39.6 Å². The molecule has 0 spiro atoms. The lowest BCUT2D eigenvalue weighted by molar-refractivity contribution is 1.18. The number of rotatable bonds is 1. The van der Waals surface area contributed by atoms with E-state index in [0.717, 1.165) is 5.65 Å². The predicted octanol–water partition coefficient (Wildman–Crippen LogP) is 6.74. The molecule has 0 aliphatic heterocycles. The Bertz CT molecular complexity index is 1740. The molecule has 0 radical (unpaired) electrons. The van der Waals surface area contributed by atoms with Crippen LogP contribution in [0.1, 0.15) is 0 Å². The van der Waals surface area contributed by atoms with Crippen LogP contribution in [-0.4, -0.2) is 14.0 Å². The van der Waals surface area contributed by atoms with Crippen molar-refractivity contribution in [2.75, 3.05) is 0 Å².